The van der Waals surface area contributed by atoms with Gasteiger partial charge >= 0.3 is 139 Å². The molecule has 0 atom stereocenters. The van der Waals surface area contributed by atoms with Crippen molar-refractivity contribution in [2.24, 2.45) is 0 Å². The molecule has 0 bridgehead atoms. The molecule has 118 valence electrons. The van der Waals surface area contributed by atoms with Crippen LogP contribution >= 0.6 is 7.60 Å². The molecule has 0 saturated carbocycles. The quantitative estimate of drug-likeness (QED) is 0.415. The van der Waals surface area contributed by atoms with Crippen LogP contribution in [0.3, 0.4) is 0 Å². The molecule has 0 heterocycles. The van der Waals surface area contributed by atoms with E-state index in [2.05, 4.69) is 31.2 Å². The molecule has 0 spiro atoms. The van der Waals surface area contributed by atoms with Crippen molar-refractivity contribution >= 4 is 32.1 Å². The number of rotatable bonds is 10. The van der Waals surface area contributed by atoms with Crippen molar-refractivity contribution in [2.45, 2.75) is 40.0 Å². The molecule has 0 N–H and O–H groups in total. The SMILES string of the molecule is CCCC/C(=C/P(=O)(OCC)OCC)[Te]c1ccccc1. The normalized spacial score (nSPS) is 12.6. The first kappa shape index (κ1) is 18.9. The molecule has 0 saturated heterocycles. The van der Waals surface area contributed by atoms with E-state index < -0.39 is 28.5 Å². The van der Waals surface area contributed by atoms with Crippen LogP contribution in [0.25, 0.3) is 0 Å². The second-order valence-corrected chi connectivity index (χ2v) is 9.77. The van der Waals surface area contributed by atoms with Crippen molar-refractivity contribution < 1.29 is 13.6 Å². The molecule has 0 aromatic heterocycles. The van der Waals surface area contributed by atoms with Gasteiger partial charge in [-0.1, -0.05) is 0 Å². The Balaban J connectivity index is 2.93. The molecule has 1 aromatic rings. The number of allylic oxidation sites excluding steroid dienone is 1. The van der Waals surface area contributed by atoms with Crippen LogP contribution < -0.4 is 3.61 Å². The third-order valence-electron chi connectivity index (χ3n) is 2.69. The number of benzene rings is 1. The second kappa shape index (κ2) is 10.6. The van der Waals surface area contributed by atoms with Gasteiger partial charge in [0.25, 0.3) is 0 Å². The standard InChI is InChI=1S/C16H25O3PTe/c1-4-7-11-16(21-15-12-9-8-10-13-15)14-20(17,18-5-2)19-6-3/h8-10,12-14H,4-7,11H2,1-3H3/b16-14-. The van der Waals surface area contributed by atoms with Gasteiger partial charge in [-0.05, 0) is 0 Å². The Kier molecular flexibility index (Phi) is 9.56. The molecule has 0 aliphatic rings. The average molecular weight is 424 g/mol. The van der Waals surface area contributed by atoms with Crippen LogP contribution in [0.5, 0.6) is 0 Å². The predicted octanol–water partition coefficient (Wildman–Crippen LogP) is 4.31. The van der Waals surface area contributed by atoms with Crippen LogP contribution in [0.1, 0.15) is 40.0 Å². The summed E-state index contributed by atoms with van der Waals surface area (Å²) in [6.45, 7) is 6.67. The van der Waals surface area contributed by atoms with E-state index in [1.807, 2.05) is 19.9 Å². The molecule has 0 amide bonds. The minimum absolute atomic E-state index is 0.404. The topological polar surface area (TPSA) is 35.5 Å². The van der Waals surface area contributed by atoms with Gasteiger partial charge in [-0.3, -0.25) is 0 Å². The molecule has 0 radical (unpaired) electrons. The van der Waals surface area contributed by atoms with Gasteiger partial charge in [0.05, 0.1) is 0 Å². The van der Waals surface area contributed by atoms with Crippen molar-refractivity contribution in [1.82, 2.24) is 0 Å². The fourth-order valence-corrected chi connectivity index (χ4v) is 7.22. The first-order valence-electron chi connectivity index (χ1n) is 7.47. The summed E-state index contributed by atoms with van der Waals surface area (Å²) in [5.74, 6) is 1.80. The fraction of sp³-hybridized carbons (Fsp3) is 0.500. The van der Waals surface area contributed by atoms with E-state index >= 15 is 0 Å². The van der Waals surface area contributed by atoms with E-state index in [4.69, 9.17) is 9.05 Å². The van der Waals surface area contributed by atoms with E-state index in [9.17, 15) is 4.57 Å². The third kappa shape index (κ3) is 7.63. The maximum absolute atomic E-state index is 12.7. The molecule has 0 unspecified atom stereocenters. The second-order valence-electron chi connectivity index (χ2n) is 4.49. The third-order valence-corrected chi connectivity index (χ3v) is 8.21. The fourth-order valence-electron chi connectivity index (χ4n) is 1.78. The molecule has 0 aliphatic heterocycles. The molecule has 0 fully saturated rings. The van der Waals surface area contributed by atoms with Crippen LogP contribution in [0, 0.1) is 0 Å². The van der Waals surface area contributed by atoms with Crippen molar-refractivity contribution in [3.05, 3.63) is 39.8 Å². The summed E-state index contributed by atoms with van der Waals surface area (Å²) in [6, 6.07) is 10.4. The van der Waals surface area contributed by atoms with Gasteiger partial charge in [0.15, 0.2) is 0 Å². The molecule has 3 nitrogen and oxygen atoms in total. The van der Waals surface area contributed by atoms with Crippen molar-refractivity contribution in [3.8, 4) is 0 Å². The van der Waals surface area contributed by atoms with Crippen molar-refractivity contribution in [1.29, 1.82) is 0 Å². The van der Waals surface area contributed by atoms with Gasteiger partial charge in [0.2, 0.25) is 0 Å². The summed E-state index contributed by atoms with van der Waals surface area (Å²) in [6.07, 6.45) is 3.23. The summed E-state index contributed by atoms with van der Waals surface area (Å²) < 4.78 is 26.1. The Morgan fingerprint density at radius 3 is 2.29 bits per heavy atom. The summed E-state index contributed by atoms with van der Waals surface area (Å²) in [4.78, 5) is 0. The zero-order valence-corrected chi connectivity index (χ0v) is 16.3. The summed E-state index contributed by atoms with van der Waals surface area (Å²) in [5, 5.41) is 0. The molecule has 1 rings (SSSR count). The van der Waals surface area contributed by atoms with Gasteiger partial charge in [0, 0.05) is 0 Å². The van der Waals surface area contributed by atoms with Crippen molar-refractivity contribution in [3.63, 3.8) is 0 Å². The number of hydrogen-bond donors (Lipinski definition) is 0. The van der Waals surface area contributed by atoms with Crippen LogP contribution in [0.2, 0.25) is 0 Å². The number of hydrogen-bond acceptors (Lipinski definition) is 3. The van der Waals surface area contributed by atoms with Gasteiger partial charge in [0.1, 0.15) is 0 Å². The van der Waals surface area contributed by atoms with Crippen LogP contribution in [-0.4, -0.2) is 34.1 Å². The molecular formula is C16H25O3PTe. The van der Waals surface area contributed by atoms with Gasteiger partial charge in [-0.25, -0.2) is 0 Å². The molecule has 21 heavy (non-hydrogen) atoms. The van der Waals surface area contributed by atoms with E-state index in [0.717, 1.165) is 19.3 Å². The Bertz CT molecular complexity index is 464. The summed E-state index contributed by atoms with van der Waals surface area (Å²) >= 11 is -0.513. The minimum atomic E-state index is -3.08. The maximum atomic E-state index is 12.7. The molecular weight excluding hydrogens is 399 g/mol. The van der Waals surface area contributed by atoms with Crippen LogP contribution in [0.15, 0.2) is 39.8 Å². The van der Waals surface area contributed by atoms with Crippen molar-refractivity contribution in [2.75, 3.05) is 13.2 Å². The molecule has 0 aliphatic carbocycles. The van der Waals surface area contributed by atoms with E-state index in [-0.39, 0.29) is 0 Å². The Morgan fingerprint density at radius 2 is 1.76 bits per heavy atom. The average Bonchev–Trinajstić information content (AvgIpc) is 2.46. The van der Waals surface area contributed by atoms with Gasteiger partial charge in [-0.2, -0.15) is 0 Å². The summed E-state index contributed by atoms with van der Waals surface area (Å²) in [5.41, 5.74) is 0. The Hall–Kier alpha value is -0.100. The molecule has 5 heteroatoms. The molecule has 1 aromatic carbocycles. The van der Waals surface area contributed by atoms with E-state index in [0.29, 0.717) is 13.2 Å². The first-order valence-corrected chi connectivity index (χ1v) is 11.4. The first-order chi connectivity index (χ1) is 10.1. The summed E-state index contributed by atoms with van der Waals surface area (Å²) in [7, 11) is -3.08. The zero-order valence-electron chi connectivity index (χ0n) is 13.1. The van der Waals surface area contributed by atoms with Crippen LogP contribution in [-0.2, 0) is 13.6 Å². The van der Waals surface area contributed by atoms with Gasteiger partial charge < -0.3 is 0 Å². The van der Waals surface area contributed by atoms with E-state index in [1.54, 1.807) is 5.82 Å². The number of unbranched alkanes of at least 4 members (excludes halogenated alkanes) is 1. The van der Waals surface area contributed by atoms with Gasteiger partial charge in [-0.15, -0.1) is 0 Å². The van der Waals surface area contributed by atoms with Crippen LogP contribution in [0.4, 0.5) is 0 Å². The predicted molar refractivity (Wildman–Crippen MR) is 90.3 cm³/mol. The van der Waals surface area contributed by atoms with E-state index in [1.165, 1.54) is 7.23 Å². The Labute approximate surface area is 138 Å². The monoisotopic (exact) mass is 426 g/mol. The Morgan fingerprint density at radius 1 is 1.14 bits per heavy atom. The zero-order chi connectivity index (χ0) is 15.6.